The van der Waals surface area contributed by atoms with Crippen LogP contribution < -0.4 is 0 Å². The standard InChI is InChI=1S/C28H38N4O2/c1-22(2)19-32-25(17-23-9-5-4-6-10-23)18-28(27(32)34)12-15-31(16-13-28)26(33)21-30(3)20-24-11-7-8-14-29-24/h4-11,14,22,25H,12-13,15-21H2,1-3H3/t25-/m1/s1. The fourth-order valence-electron chi connectivity index (χ4n) is 5.57. The van der Waals surface area contributed by atoms with E-state index in [-0.39, 0.29) is 17.4 Å². The maximum absolute atomic E-state index is 13.7. The van der Waals surface area contributed by atoms with Gasteiger partial charge < -0.3 is 9.80 Å². The number of piperidine rings is 1. The average molecular weight is 463 g/mol. The molecule has 2 aliphatic rings. The van der Waals surface area contributed by atoms with Gasteiger partial charge in [-0.15, -0.1) is 0 Å². The van der Waals surface area contributed by atoms with Gasteiger partial charge >= 0.3 is 0 Å². The van der Waals surface area contributed by atoms with Crippen LogP contribution in [0.15, 0.2) is 54.7 Å². The average Bonchev–Trinajstić information content (AvgIpc) is 3.05. The second-order valence-electron chi connectivity index (χ2n) is 10.6. The van der Waals surface area contributed by atoms with Gasteiger partial charge in [0, 0.05) is 38.4 Å². The molecule has 4 rings (SSSR count). The highest BCUT2D eigenvalue weighted by atomic mass is 16.2. The molecule has 6 heteroatoms. The number of likely N-dealkylation sites (N-methyl/N-ethyl adjacent to an activating group) is 1. The molecule has 1 aromatic carbocycles. The van der Waals surface area contributed by atoms with E-state index in [4.69, 9.17) is 0 Å². The SMILES string of the molecule is CC(C)CN1C(=O)C2(CCN(C(=O)CN(C)Cc3ccccn3)CC2)C[C@H]1Cc1ccccc1. The fraction of sp³-hybridized carbons (Fsp3) is 0.536. The van der Waals surface area contributed by atoms with Crippen LogP contribution in [0.4, 0.5) is 0 Å². The number of hydrogen-bond donors (Lipinski definition) is 0. The van der Waals surface area contributed by atoms with E-state index < -0.39 is 0 Å². The number of carbonyl (C=O) groups is 2. The van der Waals surface area contributed by atoms with E-state index in [1.54, 1.807) is 6.20 Å². The van der Waals surface area contributed by atoms with Gasteiger partial charge in [-0.3, -0.25) is 19.5 Å². The zero-order valence-electron chi connectivity index (χ0n) is 20.8. The summed E-state index contributed by atoms with van der Waals surface area (Å²) in [6.45, 7) is 7.51. The second kappa shape index (κ2) is 10.7. The minimum absolute atomic E-state index is 0.138. The highest BCUT2D eigenvalue weighted by Gasteiger charge is 2.52. The molecule has 2 saturated heterocycles. The van der Waals surface area contributed by atoms with Crippen molar-refractivity contribution in [3.63, 3.8) is 0 Å². The van der Waals surface area contributed by atoms with Crippen LogP contribution in [-0.2, 0) is 22.6 Å². The number of amides is 2. The number of aromatic nitrogens is 1. The third-order valence-electron chi connectivity index (χ3n) is 7.29. The van der Waals surface area contributed by atoms with Crippen LogP contribution in [0.5, 0.6) is 0 Å². The van der Waals surface area contributed by atoms with E-state index in [9.17, 15) is 9.59 Å². The molecule has 0 bridgehead atoms. The molecule has 6 nitrogen and oxygen atoms in total. The normalized spacial score (nSPS) is 20.0. The first-order valence-corrected chi connectivity index (χ1v) is 12.6. The lowest BCUT2D eigenvalue weighted by Crippen LogP contribution is -2.49. The molecule has 2 fully saturated rings. The lowest BCUT2D eigenvalue weighted by Gasteiger charge is -2.38. The highest BCUT2D eigenvalue weighted by Crippen LogP contribution is 2.45. The van der Waals surface area contributed by atoms with E-state index in [1.807, 2.05) is 41.1 Å². The van der Waals surface area contributed by atoms with Crippen LogP contribution in [-0.4, -0.2) is 70.8 Å². The van der Waals surface area contributed by atoms with Crippen molar-refractivity contribution in [1.82, 2.24) is 19.7 Å². The minimum Gasteiger partial charge on any atom is -0.342 e. The summed E-state index contributed by atoms with van der Waals surface area (Å²) < 4.78 is 0. The number of pyridine rings is 1. The number of rotatable bonds is 8. The molecule has 2 aliphatic heterocycles. The molecule has 0 unspecified atom stereocenters. The first-order valence-electron chi connectivity index (χ1n) is 12.6. The molecule has 34 heavy (non-hydrogen) atoms. The first kappa shape index (κ1) is 24.4. The van der Waals surface area contributed by atoms with Crippen LogP contribution >= 0.6 is 0 Å². The summed E-state index contributed by atoms with van der Waals surface area (Å²) in [4.78, 5) is 37.1. The fourth-order valence-corrected chi connectivity index (χ4v) is 5.57. The summed E-state index contributed by atoms with van der Waals surface area (Å²) in [5.41, 5.74) is 1.93. The van der Waals surface area contributed by atoms with E-state index >= 15 is 0 Å². The van der Waals surface area contributed by atoms with Crippen LogP contribution in [0.3, 0.4) is 0 Å². The highest BCUT2D eigenvalue weighted by molar-refractivity contribution is 5.86. The quantitative estimate of drug-likeness (QED) is 0.601. The summed E-state index contributed by atoms with van der Waals surface area (Å²) in [5, 5.41) is 0. The van der Waals surface area contributed by atoms with Crippen LogP contribution in [0.25, 0.3) is 0 Å². The van der Waals surface area contributed by atoms with Gasteiger partial charge in [-0.2, -0.15) is 0 Å². The van der Waals surface area contributed by atoms with Crippen molar-refractivity contribution in [1.29, 1.82) is 0 Å². The Balaban J connectivity index is 1.36. The summed E-state index contributed by atoms with van der Waals surface area (Å²) in [5.74, 6) is 0.883. The third kappa shape index (κ3) is 5.66. The third-order valence-corrected chi connectivity index (χ3v) is 7.29. The Morgan fingerprint density at radius 3 is 2.47 bits per heavy atom. The van der Waals surface area contributed by atoms with Gasteiger partial charge in [-0.05, 0) is 56.3 Å². The van der Waals surface area contributed by atoms with E-state index in [2.05, 4.69) is 48.0 Å². The molecule has 0 aliphatic carbocycles. The Labute approximate surface area is 204 Å². The minimum atomic E-state index is -0.315. The van der Waals surface area contributed by atoms with Crippen molar-refractivity contribution >= 4 is 11.8 Å². The number of nitrogens with zero attached hydrogens (tertiary/aromatic N) is 4. The van der Waals surface area contributed by atoms with E-state index in [1.165, 1.54) is 5.56 Å². The van der Waals surface area contributed by atoms with Gasteiger partial charge in [0.15, 0.2) is 0 Å². The van der Waals surface area contributed by atoms with Gasteiger partial charge in [0.2, 0.25) is 11.8 Å². The predicted octanol–water partition coefficient (Wildman–Crippen LogP) is 3.62. The molecular formula is C28H38N4O2. The smallest absolute Gasteiger partial charge is 0.236 e. The van der Waals surface area contributed by atoms with Crippen molar-refractivity contribution in [2.75, 3.05) is 33.2 Å². The summed E-state index contributed by atoms with van der Waals surface area (Å²) >= 11 is 0. The van der Waals surface area contributed by atoms with Crippen molar-refractivity contribution in [3.8, 4) is 0 Å². The van der Waals surface area contributed by atoms with E-state index in [0.29, 0.717) is 38.0 Å². The van der Waals surface area contributed by atoms with Crippen molar-refractivity contribution in [3.05, 3.63) is 66.0 Å². The lowest BCUT2D eigenvalue weighted by molar-refractivity contribution is -0.143. The topological polar surface area (TPSA) is 56.8 Å². The molecule has 0 N–H and O–H groups in total. The molecule has 1 atom stereocenters. The summed E-state index contributed by atoms with van der Waals surface area (Å²) in [6, 6.07) is 16.6. The maximum Gasteiger partial charge on any atom is 0.236 e. The Kier molecular flexibility index (Phi) is 7.67. The maximum atomic E-state index is 13.7. The van der Waals surface area contributed by atoms with Crippen molar-refractivity contribution in [2.45, 2.75) is 52.1 Å². The first-order chi connectivity index (χ1) is 16.4. The molecular weight excluding hydrogens is 424 g/mol. The molecule has 0 radical (unpaired) electrons. The molecule has 182 valence electrons. The van der Waals surface area contributed by atoms with Crippen molar-refractivity contribution < 1.29 is 9.59 Å². The van der Waals surface area contributed by atoms with Gasteiger partial charge in [-0.1, -0.05) is 50.2 Å². The monoisotopic (exact) mass is 462 g/mol. The number of likely N-dealkylation sites (tertiary alicyclic amines) is 2. The Morgan fingerprint density at radius 1 is 1.12 bits per heavy atom. The lowest BCUT2D eigenvalue weighted by atomic mass is 9.75. The molecule has 1 aromatic heterocycles. The zero-order chi connectivity index (χ0) is 24.1. The largest absolute Gasteiger partial charge is 0.342 e. The van der Waals surface area contributed by atoms with Crippen LogP contribution in [0.2, 0.25) is 0 Å². The van der Waals surface area contributed by atoms with Gasteiger partial charge in [0.1, 0.15) is 0 Å². The molecule has 0 saturated carbocycles. The Hall–Kier alpha value is -2.73. The molecule has 1 spiro atoms. The zero-order valence-corrected chi connectivity index (χ0v) is 20.8. The Bertz CT molecular complexity index is 955. The molecule has 2 aromatic rings. The number of carbonyl (C=O) groups excluding carboxylic acids is 2. The van der Waals surface area contributed by atoms with Crippen LogP contribution in [0.1, 0.15) is 44.4 Å². The predicted molar refractivity (Wildman–Crippen MR) is 134 cm³/mol. The Morgan fingerprint density at radius 2 is 1.82 bits per heavy atom. The van der Waals surface area contributed by atoms with Crippen molar-refractivity contribution in [2.24, 2.45) is 11.3 Å². The molecule has 2 amide bonds. The summed E-state index contributed by atoms with van der Waals surface area (Å²) in [6.07, 6.45) is 5.11. The second-order valence-corrected chi connectivity index (χ2v) is 10.6. The summed E-state index contributed by atoms with van der Waals surface area (Å²) in [7, 11) is 1.95. The van der Waals surface area contributed by atoms with E-state index in [0.717, 1.165) is 37.9 Å². The van der Waals surface area contributed by atoms with Gasteiger partial charge in [0.05, 0.1) is 17.7 Å². The van der Waals surface area contributed by atoms with Gasteiger partial charge in [0.25, 0.3) is 0 Å². The number of hydrogen-bond acceptors (Lipinski definition) is 4. The molecule has 3 heterocycles. The van der Waals surface area contributed by atoms with Gasteiger partial charge in [-0.25, -0.2) is 0 Å². The van der Waals surface area contributed by atoms with Crippen LogP contribution in [0, 0.1) is 11.3 Å². The number of benzene rings is 1.